The number of thiophene rings is 1. The van der Waals surface area contributed by atoms with E-state index in [1.165, 1.54) is 10.1 Å². The first-order chi connectivity index (χ1) is 9.88. The number of hydrogen-bond acceptors (Lipinski definition) is 5. The van der Waals surface area contributed by atoms with E-state index in [1.807, 2.05) is 12.1 Å². The zero-order valence-corrected chi connectivity index (χ0v) is 12.1. The Hall–Kier alpha value is -1.69. The van der Waals surface area contributed by atoms with E-state index in [0.717, 1.165) is 17.9 Å². The SMILES string of the molecule is COCCNCc1ncc(-c2csc3ccccc23)o1. The second-order valence-electron chi connectivity index (χ2n) is 4.43. The lowest BCUT2D eigenvalue weighted by atomic mass is 10.1. The first kappa shape index (κ1) is 13.3. The van der Waals surface area contributed by atoms with Crippen LogP contribution in [0.25, 0.3) is 21.4 Å². The normalized spacial score (nSPS) is 11.2. The molecule has 104 valence electrons. The van der Waals surface area contributed by atoms with Gasteiger partial charge in [0.15, 0.2) is 5.76 Å². The molecule has 2 aromatic heterocycles. The third-order valence-corrected chi connectivity index (χ3v) is 4.02. The van der Waals surface area contributed by atoms with Gasteiger partial charge in [0.1, 0.15) is 0 Å². The highest BCUT2D eigenvalue weighted by molar-refractivity contribution is 7.17. The highest BCUT2D eigenvalue weighted by Gasteiger charge is 2.11. The molecule has 0 aliphatic heterocycles. The molecular weight excluding hydrogens is 272 g/mol. The lowest BCUT2D eigenvalue weighted by molar-refractivity contribution is 0.198. The van der Waals surface area contributed by atoms with Gasteiger partial charge in [0.2, 0.25) is 5.89 Å². The summed E-state index contributed by atoms with van der Waals surface area (Å²) in [4.78, 5) is 4.31. The largest absolute Gasteiger partial charge is 0.439 e. The Labute approximate surface area is 121 Å². The van der Waals surface area contributed by atoms with Crippen molar-refractivity contribution in [2.24, 2.45) is 0 Å². The fourth-order valence-electron chi connectivity index (χ4n) is 2.05. The summed E-state index contributed by atoms with van der Waals surface area (Å²) in [6, 6.07) is 8.32. The zero-order chi connectivity index (χ0) is 13.8. The second-order valence-corrected chi connectivity index (χ2v) is 5.34. The van der Waals surface area contributed by atoms with E-state index in [9.17, 15) is 0 Å². The van der Waals surface area contributed by atoms with Crippen LogP contribution in [0.4, 0.5) is 0 Å². The number of aromatic nitrogens is 1. The molecule has 0 saturated carbocycles. The van der Waals surface area contributed by atoms with Gasteiger partial charge < -0.3 is 14.5 Å². The molecule has 20 heavy (non-hydrogen) atoms. The van der Waals surface area contributed by atoms with Gasteiger partial charge in [-0.05, 0) is 6.07 Å². The summed E-state index contributed by atoms with van der Waals surface area (Å²) in [7, 11) is 1.69. The van der Waals surface area contributed by atoms with Crippen molar-refractivity contribution >= 4 is 21.4 Å². The van der Waals surface area contributed by atoms with E-state index in [4.69, 9.17) is 9.15 Å². The molecule has 4 nitrogen and oxygen atoms in total. The highest BCUT2D eigenvalue weighted by atomic mass is 32.1. The maximum Gasteiger partial charge on any atom is 0.208 e. The lowest BCUT2D eigenvalue weighted by Crippen LogP contribution is -2.18. The van der Waals surface area contributed by atoms with Crippen LogP contribution < -0.4 is 5.32 Å². The van der Waals surface area contributed by atoms with Gasteiger partial charge in [-0.3, -0.25) is 0 Å². The molecule has 0 fully saturated rings. The van der Waals surface area contributed by atoms with Crippen LogP contribution in [0.2, 0.25) is 0 Å². The van der Waals surface area contributed by atoms with Crippen LogP contribution in [0.15, 0.2) is 40.3 Å². The lowest BCUT2D eigenvalue weighted by Gasteiger charge is -2.00. The molecule has 0 radical (unpaired) electrons. The van der Waals surface area contributed by atoms with Gasteiger partial charge in [-0.25, -0.2) is 4.98 Å². The summed E-state index contributed by atoms with van der Waals surface area (Å²) in [5.41, 5.74) is 1.11. The van der Waals surface area contributed by atoms with Crippen molar-refractivity contribution < 1.29 is 9.15 Å². The van der Waals surface area contributed by atoms with Crippen LogP contribution in [0, 0.1) is 0 Å². The molecule has 1 N–H and O–H groups in total. The predicted octanol–water partition coefficient (Wildman–Crippen LogP) is 3.29. The molecule has 0 aliphatic rings. The first-order valence-corrected chi connectivity index (χ1v) is 7.37. The van der Waals surface area contributed by atoms with Gasteiger partial charge in [-0.15, -0.1) is 11.3 Å². The minimum absolute atomic E-state index is 0.616. The molecule has 0 aliphatic carbocycles. The number of hydrogen-bond donors (Lipinski definition) is 1. The Morgan fingerprint density at radius 2 is 2.25 bits per heavy atom. The molecule has 0 saturated heterocycles. The van der Waals surface area contributed by atoms with Gasteiger partial charge in [0.05, 0.1) is 19.3 Å². The average Bonchev–Trinajstić information content (AvgIpc) is 3.10. The Balaban J connectivity index is 1.76. The molecule has 0 amide bonds. The molecule has 2 heterocycles. The van der Waals surface area contributed by atoms with E-state index in [0.29, 0.717) is 19.0 Å². The second kappa shape index (κ2) is 6.17. The first-order valence-electron chi connectivity index (χ1n) is 6.49. The van der Waals surface area contributed by atoms with E-state index in [1.54, 1.807) is 24.6 Å². The van der Waals surface area contributed by atoms with Crippen molar-refractivity contribution in [3.05, 3.63) is 41.7 Å². The van der Waals surface area contributed by atoms with Crippen LogP contribution in [0.1, 0.15) is 5.89 Å². The van der Waals surface area contributed by atoms with Crippen LogP contribution in [-0.2, 0) is 11.3 Å². The molecular formula is C15H16N2O2S. The summed E-state index contributed by atoms with van der Waals surface area (Å²) in [6.07, 6.45) is 1.79. The molecule has 3 aromatic rings. The third kappa shape index (κ3) is 2.75. The average molecular weight is 288 g/mol. The monoisotopic (exact) mass is 288 g/mol. The molecule has 5 heteroatoms. The van der Waals surface area contributed by atoms with Gasteiger partial charge >= 0.3 is 0 Å². The van der Waals surface area contributed by atoms with Crippen LogP contribution in [-0.4, -0.2) is 25.2 Å². The molecule has 0 bridgehead atoms. The van der Waals surface area contributed by atoms with Crippen molar-refractivity contribution in [3.63, 3.8) is 0 Å². The van der Waals surface area contributed by atoms with Gasteiger partial charge in [-0.2, -0.15) is 0 Å². The number of nitrogens with one attached hydrogen (secondary N) is 1. The van der Waals surface area contributed by atoms with Crippen LogP contribution in [0.3, 0.4) is 0 Å². The maximum atomic E-state index is 5.81. The quantitative estimate of drug-likeness (QED) is 0.707. The number of ether oxygens (including phenoxy) is 1. The third-order valence-electron chi connectivity index (χ3n) is 3.06. The Kier molecular flexibility index (Phi) is 4.11. The standard InChI is InChI=1S/C15H16N2O2S/c1-18-7-6-16-9-15-17-8-13(19-15)12-10-20-14-5-3-2-4-11(12)14/h2-5,8,10,16H,6-7,9H2,1H3. The number of fused-ring (bicyclic) bond motifs is 1. The van der Waals surface area contributed by atoms with Crippen molar-refractivity contribution in [3.8, 4) is 11.3 Å². The fraction of sp³-hybridized carbons (Fsp3) is 0.267. The van der Waals surface area contributed by atoms with E-state index in [2.05, 4.69) is 27.8 Å². The minimum atomic E-state index is 0.616. The molecule has 3 rings (SSSR count). The van der Waals surface area contributed by atoms with E-state index in [-0.39, 0.29) is 0 Å². The number of rotatable bonds is 6. The summed E-state index contributed by atoms with van der Waals surface area (Å²) in [5.74, 6) is 1.53. The highest BCUT2D eigenvalue weighted by Crippen LogP contribution is 2.33. The van der Waals surface area contributed by atoms with Crippen LogP contribution in [0.5, 0.6) is 0 Å². The van der Waals surface area contributed by atoms with Gasteiger partial charge in [0, 0.05) is 34.7 Å². The number of nitrogens with zero attached hydrogens (tertiary/aromatic N) is 1. The van der Waals surface area contributed by atoms with Crippen molar-refractivity contribution in [2.75, 3.05) is 20.3 Å². The topological polar surface area (TPSA) is 47.3 Å². The van der Waals surface area contributed by atoms with Crippen LogP contribution >= 0.6 is 11.3 Å². The van der Waals surface area contributed by atoms with Crippen molar-refractivity contribution in [1.82, 2.24) is 10.3 Å². The zero-order valence-electron chi connectivity index (χ0n) is 11.3. The summed E-state index contributed by atoms with van der Waals surface area (Å²) in [5, 5.41) is 6.55. The van der Waals surface area contributed by atoms with E-state index >= 15 is 0 Å². The number of oxazole rings is 1. The summed E-state index contributed by atoms with van der Waals surface area (Å²) < 4.78 is 12.1. The number of benzene rings is 1. The Bertz CT molecular complexity index is 690. The maximum absolute atomic E-state index is 5.81. The smallest absolute Gasteiger partial charge is 0.208 e. The summed E-state index contributed by atoms with van der Waals surface area (Å²) in [6.45, 7) is 2.09. The van der Waals surface area contributed by atoms with Crippen molar-refractivity contribution in [2.45, 2.75) is 6.54 Å². The number of methoxy groups -OCH3 is 1. The van der Waals surface area contributed by atoms with E-state index < -0.39 is 0 Å². The van der Waals surface area contributed by atoms with Crippen molar-refractivity contribution in [1.29, 1.82) is 0 Å². The molecule has 0 atom stereocenters. The van der Waals surface area contributed by atoms with Gasteiger partial charge in [-0.1, -0.05) is 18.2 Å². The van der Waals surface area contributed by atoms with Gasteiger partial charge in [0.25, 0.3) is 0 Å². The fourth-order valence-corrected chi connectivity index (χ4v) is 3.00. The predicted molar refractivity (Wildman–Crippen MR) is 80.9 cm³/mol. The molecule has 0 spiro atoms. The summed E-state index contributed by atoms with van der Waals surface area (Å²) >= 11 is 1.72. The molecule has 1 aromatic carbocycles. The molecule has 0 unspecified atom stereocenters. The Morgan fingerprint density at radius 3 is 3.15 bits per heavy atom. The minimum Gasteiger partial charge on any atom is -0.439 e. The Morgan fingerprint density at radius 1 is 1.35 bits per heavy atom.